The van der Waals surface area contributed by atoms with Gasteiger partial charge >= 0.3 is 6.18 Å². The zero-order chi connectivity index (χ0) is 9.41. The number of hydrogen-bond acceptors (Lipinski definition) is 2. The molecule has 2 N–H and O–H groups in total. The third-order valence-corrected chi connectivity index (χ3v) is 2.44. The van der Waals surface area contributed by atoms with E-state index < -0.39 is 11.7 Å². The molecule has 0 saturated carbocycles. The summed E-state index contributed by atoms with van der Waals surface area (Å²) >= 11 is 0. The first kappa shape index (κ1) is 9.80. The topological polar surface area (TPSA) is 29.3 Å². The van der Waals surface area contributed by atoms with Gasteiger partial charge in [0.15, 0.2) is 0 Å². The van der Waals surface area contributed by atoms with E-state index in [1.165, 1.54) is 0 Å². The minimum atomic E-state index is -4.26. The largest absolute Gasteiger partial charge is 0.406 e. The van der Waals surface area contributed by atoms with Crippen LogP contribution in [0.1, 0.15) is 12.8 Å². The van der Waals surface area contributed by atoms with E-state index in [4.69, 9.17) is 5.73 Å². The molecule has 0 amide bonds. The molecule has 0 unspecified atom stereocenters. The summed E-state index contributed by atoms with van der Waals surface area (Å²) in [6, 6.07) is 0. The number of nitrogens with two attached hydrogens (primary N) is 1. The van der Waals surface area contributed by atoms with Gasteiger partial charge in [-0.25, -0.2) is 0 Å². The van der Waals surface area contributed by atoms with Crippen molar-refractivity contribution >= 4 is 0 Å². The van der Waals surface area contributed by atoms with Crippen LogP contribution in [0.4, 0.5) is 13.2 Å². The van der Waals surface area contributed by atoms with Gasteiger partial charge in [-0.15, -0.1) is 0 Å². The van der Waals surface area contributed by atoms with Gasteiger partial charge in [-0.3, -0.25) is 0 Å². The molecule has 1 rings (SSSR count). The molecule has 1 heterocycles. The Hall–Kier alpha value is -0.290. The Morgan fingerprint density at radius 1 is 1.25 bits per heavy atom. The average molecular weight is 182 g/mol. The van der Waals surface area contributed by atoms with E-state index in [9.17, 15) is 13.2 Å². The lowest BCUT2D eigenvalue weighted by Gasteiger charge is -2.38. The Morgan fingerprint density at radius 3 is 2.00 bits per heavy atom. The number of alkyl halides is 3. The molecule has 12 heavy (non-hydrogen) atoms. The second-order valence-electron chi connectivity index (χ2n) is 3.46. The van der Waals surface area contributed by atoms with Crippen LogP contribution in [0.3, 0.4) is 0 Å². The summed E-state index contributed by atoms with van der Waals surface area (Å²) in [5.74, 6) is 0. The summed E-state index contributed by atoms with van der Waals surface area (Å²) in [4.78, 5) is 1.86. The van der Waals surface area contributed by atoms with Crippen LogP contribution in [0.5, 0.6) is 0 Å². The minimum absolute atomic E-state index is 0.00694. The van der Waals surface area contributed by atoms with Crippen molar-refractivity contribution in [2.24, 2.45) is 5.73 Å². The zero-order valence-corrected chi connectivity index (χ0v) is 6.99. The molecule has 0 spiro atoms. The lowest BCUT2D eigenvalue weighted by atomic mass is 9.88. The Balaban J connectivity index is 2.62. The Morgan fingerprint density at radius 2 is 1.67 bits per heavy atom. The van der Waals surface area contributed by atoms with E-state index in [2.05, 4.69) is 0 Å². The lowest BCUT2D eigenvalue weighted by molar-refractivity contribution is -0.196. The number of likely N-dealkylation sites (tertiary alicyclic amines) is 1. The highest BCUT2D eigenvalue weighted by atomic mass is 19.4. The Labute approximate surface area is 69.5 Å². The zero-order valence-electron chi connectivity index (χ0n) is 6.99. The van der Waals surface area contributed by atoms with E-state index in [0.29, 0.717) is 13.1 Å². The van der Waals surface area contributed by atoms with Crippen molar-refractivity contribution in [2.75, 3.05) is 20.1 Å². The monoisotopic (exact) mass is 182 g/mol. The average Bonchev–Trinajstić information content (AvgIpc) is 1.93. The number of halogens is 3. The Bertz CT molecular complexity index is 159. The molecule has 1 aliphatic rings. The van der Waals surface area contributed by atoms with Gasteiger partial charge in [-0.05, 0) is 33.0 Å². The molecule has 0 aromatic heterocycles. The maximum Gasteiger partial charge on any atom is 0.406 e. The van der Waals surface area contributed by atoms with Gasteiger partial charge in [0.2, 0.25) is 0 Å². The Kier molecular flexibility index (Phi) is 2.35. The molecule has 1 saturated heterocycles. The molecule has 1 fully saturated rings. The van der Waals surface area contributed by atoms with Crippen molar-refractivity contribution in [3.63, 3.8) is 0 Å². The first-order chi connectivity index (χ1) is 5.35. The summed E-state index contributed by atoms with van der Waals surface area (Å²) in [7, 11) is 1.80. The van der Waals surface area contributed by atoms with Crippen molar-refractivity contribution < 1.29 is 13.2 Å². The molecule has 0 aromatic rings. The minimum Gasteiger partial charge on any atom is -0.318 e. The summed E-state index contributed by atoms with van der Waals surface area (Å²) in [5.41, 5.74) is 3.30. The van der Waals surface area contributed by atoms with E-state index in [1.807, 2.05) is 4.90 Å². The van der Waals surface area contributed by atoms with Crippen LogP contribution >= 0.6 is 0 Å². The highest BCUT2D eigenvalue weighted by Crippen LogP contribution is 2.35. The summed E-state index contributed by atoms with van der Waals surface area (Å²) in [5, 5.41) is 0. The fourth-order valence-corrected chi connectivity index (χ4v) is 1.30. The smallest absolute Gasteiger partial charge is 0.318 e. The van der Waals surface area contributed by atoms with Gasteiger partial charge in [-0.2, -0.15) is 13.2 Å². The number of nitrogens with zero attached hydrogens (tertiary/aromatic N) is 1. The van der Waals surface area contributed by atoms with E-state index in [0.717, 1.165) is 0 Å². The van der Waals surface area contributed by atoms with Gasteiger partial charge in [0.05, 0.1) is 0 Å². The summed E-state index contributed by atoms with van der Waals surface area (Å²) in [6.45, 7) is 0.853. The van der Waals surface area contributed by atoms with Gasteiger partial charge in [0.25, 0.3) is 0 Å². The normalized spacial score (nSPS) is 25.8. The molecule has 0 aromatic carbocycles. The molecule has 0 atom stereocenters. The summed E-state index contributed by atoms with van der Waals surface area (Å²) < 4.78 is 36.9. The highest BCUT2D eigenvalue weighted by molar-refractivity contribution is 4.95. The molecule has 5 heteroatoms. The van der Waals surface area contributed by atoms with Crippen LogP contribution < -0.4 is 5.73 Å². The summed E-state index contributed by atoms with van der Waals surface area (Å²) in [6.07, 6.45) is -4.24. The van der Waals surface area contributed by atoms with Crippen molar-refractivity contribution in [3.8, 4) is 0 Å². The fraction of sp³-hybridized carbons (Fsp3) is 1.00. The van der Waals surface area contributed by atoms with Crippen LogP contribution in [0.2, 0.25) is 0 Å². The number of piperidine rings is 1. The molecule has 2 nitrogen and oxygen atoms in total. The van der Waals surface area contributed by atoms with E-state index >= 15 is 0 Å². The predicted molar refractivity (Wildman–Crippen MR) is 39.7 cm³/mol. The van der Waals surface area contributed by atoms with Crippen molar-refractivity contribution in [2.45, 2.75) is 24.6 Å². The third-order valence-electron chi connectivity index (χ3n) is 2.44. The van der Waals surface area contributed by atoms with Crippen molar-refractivity contribution in [1.29, 1.82) is 0 Å². The SMILES string of the molecule is CN1CCC(N)(C(F)(F)F)CC1. The van der Waals surface area contributed by atoms with Gasteiger partial charge in [-0.1, -0.05) is 0 Å². The molecule has 0 radical (unpaired) electrons. The van der Waals surface area contributed by atoms with Gasteiger partial charge < -0.3 is 10.6 Å². The first-order valence-electron chi connectivity index (χ1n) is 3.89. The number of hydrogen-bond donors (Lipinski definition) is 1. The quantitative estimate of drug-likeness (QED) is 0.605. The van der Waals surface area contributed by atoms with Crippen LogP contribution in [-0.2, 0) is 0 Å². The molecule has 0 bridgehead atoms. The predicted octanol–water partition coefficient (Wildman–Crippen LogP) is 0.972. The van der Waals surface area contributed by atoms with E-state index in [-0.39, 0.29) is 12.8 Å². The first-order valence-corrected chi connectivity index (χ1v) is 3.89. The second-order valence-corrected chi connectivity index (χ2v) is 3.46. The van der Waals surface area contributed by atoms with Crippen LogP contribution in [0.15, 0.2) is 0 Å². The molecule has 72 valence electrons. The fourth-order valence-electron chi connectivity index (χ4n) is 1.30. The van der Waals surface area contributed by atoms with Crippen LogP contribution in [0.25, 0.3) is 0 Å². The lowest BCUT2D eigenvalue weighted by Crippen LogP contribution is -2.58. The standard InChI is InChI=1S/C7H13F3N2/c1-12-4-2-6(11,3-5-12)7(8,9)10/h2-5,11H2,1H3. The molecule has 0 aliphatic carbocycles. The van der Waals surface area contributed by atoms with Crippen molar-refractivity contribution in [1.82, 2.24) is 4.90 Å². The van der Waals surface area contributed by atoms with E-state index in [1.54, 1.807) is 7.05 Å². The molecular formula is C7H13F3N2. The molecule has 1 aliphatic heterocycles. The van der Waals surface area contributed by atoms with Crippen molar-refractivity contribution in [3.05, 3.63) is 0 Å². The maximum absolute atomic E-state index is 12.3. The highest BCUT2D eigenvalue weighted by Gasteiger charge is 2.52. The molecular weight excluding hydrogens is 169 g/mol. The third kappa shape index (κ3) is 1.72. The number of rotatable bonds is 0. The second kappa shape index (κ2) is 2.88. The van der Waals surface area contributed by atoms with Gasteiger partial charge in [0, 0.05) is 0 Å². The van der Waals surface area contributed by atoms with Crippen LogP contribution in [0, 0.1) is 0 Å². The maximum atomic E-state index is 12.3. The van der Waals surface area contributed by atoms with Gasteiger partial charge in [0.1, 0.15) is 5.54 Å². The van der Waals surface area contributed by atoms with Crippen LogP contribution in [-0.4, -0.2) is 36.8 Å².